The van der Waals surface area contributed by atoms with Crippen molar-refractivity contribution in [3.63, 3.8) is 0 Å². The Morgan fingerprint density at radius 1 is 1.19 bits per heavy atom. The summed E-state index contributed by atoms with van der Waals surface area (Å²) in [6.07, 6.45) is 21.5. The third kappa shape index (κ3) is 9.66. The lowest BCUT2D eigenvalue weighted by atomic mass is 9.74. The van der Waals surface area contributed by atoms with E-state index in [1.807, 2.05) is 0 Å². The lowest BCUT2D eigenvalue weighted by molar-refractivity contribution is -0.107. The first-order chi connectivity index (χ1) is 20.2. The number of fused-ring (bicyclic) bond motifs is 3. The minimum atomic E-state index is -0.500. The van der Waals surface area contributed by atoms with Crippen molar-refractivity contribution in [1.82, 2.24) is 4.98 Å². The van der Waals surface area contributed by atoms with E-state index in [4.69, 9.17) is 10.2 Å². The van der Waals surface area contributed by atoms with Crippen LogP contribution in [0.15, 0.2) is 18.3 Å². The quantitative estimate of drug-likeness (QED) is 0.185. The Morgan fingerprint density at radius 2 is 1.79 bits per heavy atom. The molecule has 2 N–H and O–H groups in total. The van der Waals surface area contributed by atoms with Gasteiger partial charge >= 0.3 is 0 Å². The molecule has 2 aromatic rings. The molecule has 0 fully saturated rings. The number of benzene rings is 1. The number of hydrogen-bond acceptors (Lipinski definition) is 6. The Hall–Kier alpha value is -2.66. The molecular formula is C36H53FN2O3S. The zero-order valence-electron chi connectivity index (χ0n) is 28.0. The van der Waals surface area contributed by atoms with Crippen LogP contribution in [0.5, 0.6) is 0 Å². The van der Waals surface area contributed by atoms with E-state index in [9.17, 15) is 9.18 Å². The summed E-state index contributed by atoms with van der Waals surface area (Å²) in [6, 6.07) is 1.74. The largest absolute Gasteiger partial charge is 0.400 e. The monoisotopic (exact) mass is 612 g/mol. The molecule has 1 aromatic heterocycles. The van der Waals surface area contributed by atoms with Crippen LogP contribution < -0.4 is 4.31 Å². The van der Waals surface area contributed by atoms with Crippen molar-refractivity contribution in [2.24, 2.45) is 5.41 Å². The van der Waals surface area contributed by atoms with Gasteiger partial charge in [-0.2, -0.15) is 0 Å². The van der Waals surface area contributed by atoms with Crippen LogP contribution in [0.2, 0.25) is 0 Å². The topological polar surface area (TPSA) is 73.7 Å². The third-order valence-corrected chi connectivity index (χ3v) is 8.52. The highest BCUT2D eigenvalue weighted by atomic mass is 32.2. The van der Waals surface area contributed by atoms with E-state index in [1.54, 1.807) is 38.8 Å². The number of allylic oxidation sites excluding steroid dienone is 2. The van der Waals surface area contributed by atoms with Crippen LogP contribution in [0.4, 0.5) is 10.1 Å². The number of rotatable bonds is 7. The van der Waals surface area contributed by atoms with Crippen molar-refractivity contribution in [3.8, 4) is 24.1 Å². The number of hydrogen-bond donors (Lipinski definition) is 2. The van der Waals surface area contributed by atoms with E-state index in [1.165, 1.54) is 17.3 Å². The zero-order chi connectivity index (χ0) is 33.1. The fourth-order valence-electron chi connectivity index (χ4n) is 5.78. The number of carbonyl (C=O) groups is 1. The summed E-state index contributed by atoms with van der Waals surface area (Å²) in [6.45, 7) is 16.4. The highest BCUT2D eigenvalue weighted by molar-refractivity contribution is 8.00. The number of nitrogens with zero attached hydrogens (tertiary/aromatic N) is 2. The minimum Gasteiger partial charge on any atom is -0.400 e. The van der Waals surface area contributed by atoms with Gasteiger partial charge in [0.1, 0.15) is 12.1 Å². The van der Waals surface area contributed by atoms with Crippen molar-refractivity contribution >= 4 is 29.5 Å². The lowest BCUT2D eigenvalue weighted by Crippen LogP contribution is -2.29. The summed E-state index contributed by atoms with van der Waals surface area (Å²) in [5, 5.41) is 15.5. The molecule has 4 rings (SSSR count). The molecule has 1 aliphatic heterocycles. The predicted molar refractivity (Wildman–Crippen MR) is 183 cm³/mol. The SMILES string of the molecule is C#C.CC(C)(C)O.CCCCC1c2cc(F)cnc2-c2c(C)c(C3=CCC(C)(C)CC3)c(CC=O)c(C)c2N1SC.CO. The van der Waals surface area contributed by atoms with E-state index in [0.717, 1.165) is 91.1 Å². The van der Waals surface area contributed by atoms with Gasteiger partial charge in [0.05, 0.1) is 29.2 Å². The van der Waals surface area contributed by atoms with E-state index in [0.29, 0.717) is 11.8 Å². The normalized spacial score (nSPS) is 16.5. The molecule has 2 heterocycles. The summed E-state index contributed by atoms with van der Waals surface area (Å²) in [7, 11) is 1.00. The number of aliphatic hydroxyl groups excluding tert-OH is 1. The molecule has 0 spiro atoms. The minimum absolute atomic E-state index is 0.0587. The maximum absolute atomic E-state index is 14.4. The molecule has 1 aliphatic carbocycles. The van der Waals surface area contributed by atoms with E-state index in [2.05, 4.69) is 69.1 Å². The molecule has 1 atom stereocenters. The maximum Gasteiger partial charge on any atom is 0.141 e. The second kappa shape index (κ2) is 17.0. The van der Waals surface area contributed by atoms with Crippen LogP contribution in [0.3, 0.4) is 0 Å². The van der Waals surface area contributed by atoms with E-state index in [-0.39, 0.29) is 11.9 Å². The van der Waals surface area contributed by atoms with Crippen molar-refractivity contribution in [1.29, 1.82) is 0 Å². The summed E-state index contributed by atoms with van der Waals surface area (Å²) in [5.74, 6) is -0.283. The number of halogens is 1. The second-order valence-electron chi connectivity index (χ2n) is 12.7. The Labute approximate surface area is 264 Å². The molecule has 1 aromatic carbocycles. The fourth-order valence-corrected chi connectivity index (χ4v) is 6.66. The van der Waals surface area contributed by atoms with Crippen molar-refractivity contribution in [3.05, 3.63) is 52.0 Å². The van der Waals surface area contributed by atoms with Gasteiger partial charge in [0, 0.05) is 30.9 Å². The van der Waals surface area contributed by atoms with Crippen LogP contribution in [0.25, 0.3) is 16.8 Å². The standard InChI is InChI=1S/C29H37FN2OS.C4H10O.C2H2.CH4O/c1-7-8-9-24-23-16-21(30)17-31-27(23)26-19(3)25(20-10-13-29(4,5)14-11-20)22(12-15-33)18(2)28(26)32(24)34-6;1-4(2,3)5;2*1-2/h10,15-17,24H,7-9,11-14H2,1-6H3;5H,1-3H3;1-2H;2H,1H3. The highest BCUT2D eigenvalue weighted by Crippen LogP contribution is 2.54. The molecule has 5 nitrogen and oxygen atoms in total. The van der Waals surface area contributed by atoms with Gasteiger partial charge in [-0.15, -0.1) is 12.8 Å². The molecule has 0 radical (unpaired) electrons. The molecule has 43 heavy (non-hydrogen) atoms. The van der Waals surface area contributed by atoms with Gasteiger partial charge in [0.2, 0.25) is 0 Å². The van der Waals surface area contributed by atoms with Gasteiger partial charge < -0.3 is 19.3 Å². The van der Waals surface area contributed by atoms with Gasteiger partial charge in [-0.1, -0.05) is 51.6 Å². The molecule has 0 bridgehead atoms. The van der Waals surface area contributed by atoms with Crippen LogP contribution in [-0.2, 0) is 11.2 Å². The van der Waals surface area contributed by atoms with Gasteiger partial charge in [0.25, 0.3) is 0 Å². The van der Waals surface area contributed by atoms with E-state index < -0.39 is 5.60 Å². The first kappa shape index (κ1) is 38.4. The fraction of sp³-hybridized carbons (Fsp3) is 0.556. The van der Waals surface area contributed by atoms with Crippen molar-refractivity contribution in [2.75, 3.05) is 17.7 Å². The number of anilines is 1. The molecule has 7 heteroatoms. The smallest absolute Gasteiger partial charge is 0.141 e. The number of carbonyl (C=O) groups excluding carboxylic acids is 1. The number of terminal acetylenes is 1. The average Bonchev–Trinajstić information content (AvgIpc) is 2.95. The Balaban J connectivity index is 0.000000917. The molecule has 0 amide bonds. The first-order valence-electron chi connectivity index (χ1n) is 15.0. The lowest BCUT2D eigenvalue weighted by Gasteiger charge is -2.41. The highest BCUT2D eigenvalue weighted by Gasteiger charge is 2.37. The number of unbranched alkanes of at least 4 members (excludes halogenated alkanes) is 1. The molecule has 0 saturated carbocycles. The van der Waals surface area contributed by atoms with E-state index >= 15 is 0 Å². The van der Waals surface area contributed by atoms with Crippen molar-refractivity contribution in [2.45, 2.75) is 112 Å². The molecule has 238 valence electrons. The summed E-state index contributed by atoms with van der Waals surface area (Å²) >= 11 is 1.69. The Bertz CT molecular complexity index is 1270. The summed E-state index contributed by atoms with van der Waals surface area (Å²) in [5.41, 5.74) is 9.94. The van der Waals surface area contributed by atoms with Crippen LogP contribution in [0.1, 0.15) is 114 Å². The number of aromatic nitrogens is 1. The van der Waals surface area contributed by atoms with Gasteiger partial charge in [-0.05, 0) is 99.6 Å². The number of pyridine rings is 1. The molecule has 1 unspecified atom stereocenters. The first-order valence-corrected chi connectivity index (χ1v) is 16.2. The van der Waals surface area contributed by atoms with Crippen LogP contribution in [0, 0.1) is 37.9 Å². The number of aliphatic hydroxyl groups is 2. The predicted octanol–water partition coefficient (Wildman–Crippen LogP) is 8.80. The number of aldehydes is 1. The summed E-state index contributed by atoms with van der Waals surface area (Å²) < 4.78 is 16.8. The maximum atomic E-state index is 14.4. The van der Waals surface area contributed by atoms with Crippen molar-refractivity contribution < 1.29 is 19.4 Å². The second-order valence-corrected chi connectivity index (χ2v) is 13.5. The Kier molecular flexibility index (Phi) is 15.2. The average molecular weight is 613 g/mol. The molecule has 2 aliphatic rings. The van der Waals surface area contributed by atoms with Gasteiger partial charge in [0.15, 0.2) is 0 Å². The summed E-state index contributed by atoms with van der Waals surface area (Å²) in [4.78, 5) is 16.5. The van der Waals surface area contributed by atoms with Crippen LogP contribution in [-0.4, -0.2) is 40.4 Å². The third-order valence-electron chi connectivity index (χ3n) is 7.69. The van der Waals surface area contributed by atoms with Crippen LogP contribution >= 0.6 is 11.9 Å². The molecular weight excluding hydrogens is 559 g/mol. The van der Waals surface area contributed by atoms with Gasteiger partial charge in [-0.3, -0.25) is 4.98 Å². The van der Waals surface area contributed by atoms with Gasteiger partial charge in [-0.25, -0.2) is 4.39 Å². The molecule has 0 saturated heterocycles. The zero-order valence-corrected chi connectivity index (χ0v) is 28.8. The Morgan fingerprint density at radius 3 is 2.28 bits per heavy atom.